The number of rotatable bonds is 3. The first-order chi connectivity index (χ1) is 13.4. The Balaban J connectivity index is 1.51. The third-order valence-corrected chi connectivity index (χ3v) is 6.08. The standard InChI is InChI=1S/C22H27N3O3/c1-13(2)18-6-7-19(24-23-18)14-4-3-5-15(8-14)22(28)25-11-16-9-20(26)21(27)10-17(16)12-25/h3-8,13,16-17,20-21,26-27H,9-12H2,1-2H3/t16-,17+,20+,21-. The molecule has 1 amide bonds. The number of aliphatic hydroxyl groups is 2. The molecule has 1 aromatic heterocycles. The minimum Gasteiger partial charge on any atom is -0.390 e. The quantitative estimate of drug-likeness (QED) is 0.853. The number of amides is 1. The maximum atomic E-state index is 13.0. The Hall–Kier alpha value is -2.31. The average molecular weight is 381 g/mol. The van der Waals surface area contributed by atoms with Crippen molar-refractivity contribution in [2.24, 2.45) is 11.8 Å². The van der Waals surface area contributed by atoms with Crippen molar-refractivity contribution in [3.05, 3.63) is 47.7 Å². The number of benzene rings is 1. The van der Waals surface area contributed by atoms with Crippen molar-refractivity contribution in [1.82, 2.24) is 15.1 Å². The largest absolute Gasteiger partial charge is 0.390 e. The van der Waals surface area contributed by atoms with Crippen molar-refractivity contribution in [1.29, 1.82) is 0 Å². The Bertz CT molecular complexity index is 834. The van der Waals surface area contributed by atoms with Crippen LogP contribution >= 0.6 is 0 Å². The van der Waals surface area contributed by atoms with E-state index in [-0.39, 0.29) is 17.7 Å². The summed E-state index contributed by atoms with van der Waals surface area (Å²) in [5.41, 5.74) is 3.20. The third kappa shape index (κ3) is 3.66. The van der Waals surface area contributed by atoms with Gasteiger partial charge in [-0.1, -0.05) is 26.0 Å². The van der Waals surface area contributed by atoms with E-state index in [0.29, 0.717) is 37.4 Å². The molecule has 2 fully saturated rings. The molecule has 0 radical (unpaired) electrons. The summed E-state index contributed by atoms with van der Waals surface area (Å²) in [6.07, 6.45) is -0.222. The molecule has 148 valence electrons. The molecule has 2 aromatic rings. The van der Waals surface area contributed by atoms with Crippen LogP contribution in [0.1, 0.15) is 48.7 Å². The zero-order valence-electron chi connectivity index (χ0n) is 16.3. The van der Waals surface area contributed by atoms with Crippen LogP contribution in [0.4, 0.5) is 0 Å². The fraction of sp³-hybridized carbons (Fsp3) is 0.500. The monoisotopic (exact) mass is 381 g/mol. The molecule has 1 aliphatic heterocycles. The Morgan fingerprint density at radius 1 is 1.04 bits per heavy atom. The van der Waals surface area contributed by atoms with Crippen LogP contribution < -0.4 is 0 Å². The van der Waals surface area contributed by atoms with Crippen LogP contribution in [0.3, 0.4) is 0 Å². The van der Waals surface area contributed by atoms with E-state index in [1.807, 2.05) is 41.3 Å². The first-order valence-electron chi connectivity index (χ1n) is 10.0. The normalized spacial score (nSPS) is 27.1. The summed E-state index contributed by atoms with van der Waals surface area (Å²) in [5, 5.41) is 28.4. The highest BCUT2D eigenvalue weighted by molar-refractivity contribution is 5.95. The van der Waals surface area contributed by atoms with Gasteiger partial charge in [0.15, 0.2) is 0 Å². The maximum absolute atomic E-state index is 13.0. The van der Waals surface area contributed by atoms with E-state index in [1.165, 1.54) is 0 Å². The molecule has 4 atom stereocenters. The van der Waals surface area contributed by atoms with Crippen LogP contribution in [-0.2, 0) is 0 Å². The Kier molecular flexibility index (Phi) is 5.17. The number of carbonyl (C=O) groups is 1. The lowest BCUT2D eigenvalue weighted by Crippen LogP contribution is -2.38. The zero-order valence-corrected chi connectivity index (χ0v) is 16.3. The van der Waals surface area contributed by atoms with Crippen molar-refractivity contribution in [3.8, 4) is 11.3 Å². The van der Waals surface area contributed by atoms with Crippen LogP contribution in [0.5, 0.6) is 0 Å². The smallest absolute Gasteiger partial charge is 0.253 e. The fourth-order valence-electron chi connectivity index (χ4n) is 4.37. The molecule has 1 saturated carbocycles. The molecule has 6 nitrogen and oxygen atoms in total. The van der Waals surface area contributed by atoms with Gasteiger partial charge in [0.25, 0.3) is 5.91 Å². The van der Waals surface area contributed by atoms with E-state index in [0.717, 1.165) is 17.0 Å². The summed E-state index contributed by atoms with van der Waals surface area (Å²) in [7, 11) is 0. The first-order valence-corrected chi connectivity index (χ1v) is 10.0. The Labute approximate surface area is 165 Å². The molecule has 1 aromatic carbocycles. The summed E-state index contributed by atoms with van der Waals surface area (Å²) >= 11 is 0. The third-order valence-electron chi connectivity index (χ3n) is 6.08. The molecule has 4 rings (SSSR count). The first kappa shape index (κ1) is 19.0. The van der Waals surface area contributed by atoms with Gasteiger partial charge in [-0.15, -0.1) is 0 Å². The van der Waals surface area contributed by atoms with Gasteiger partial charge in [-0.3, -0.25) is 4.79 Å². The molecule has 1 aliphatic carbocycles. The molecule has 2 heterocycles. The number of aliphatic hydroxyl groups excluding tert-OH is 2. The molecular weight excluding hydrogens is 354 g/mol. The second-order valence-electron chi connectivity index (χ2n) is 8.42. The number of likely N-dealkylation sites (tertiary alicyclic amines) is 1. The van der Waals surface area contributed by atoms with Gasteiger partial charge in [-0.2, -0.15) is 10.2 Å². The number of hydrogen-bond donors (Lipinski definition) is 2. The topological polar surface area (TPSA) is 86.6 Å². The summed E-state index contributed by atoms with van der Waals surface area (Å²) in [4.78, 5) is 14.9. The maximum Gasteiger partial charge on any atom is 0.253 e. The number of nitrogens with zero attached hydrogens (tertiary/aromatic N) is 3. The second kappa shape index (κ2) is 7.60. The molecule has 28 heavy (non-hydrogen) atoms. The molecular formula is C22H27N3O3. The van der Waals surface area contributed by atoms with Gasteiger partial charge in [0.05, 0.1) is 23.6 Å². The molecule has 6 heteroatoms. The van der Waals surface area contributed by atoms with Crippen LogP contribution in [0.15, 0.2) is 36.4 Å². The van der Waals surface area contributed by atoms with Gasteiger partial charge >= 0.3 is 0 Å². The molecule has 2 aliphatic rings. The molecule has 0 unspecified atom stereocenters. The zero-order chi connectivity index (χ0) is 19.8. The number of hydrogen-bond acceptors (Lipinski definition) is 5. The van der Waals surface area contributed by atoms with Crippen LogP contribution in [0, 0.1) is 11.8 Å². The van der Waals surface area contributed by atoms with Crippen molar-refractivity contribution in [3.63, 3.8) is 0 Å². The fourth-order valence-corrected chi connectivity index (χ4v) is 4.37. The SMILES string of the molecule is CC(C)c1ccc(-c2cccc(C(=O)N3C[C@H]4C[C@H](O)[C@H](O)C[C@H]4C3)c2)nn1. The van der Waals surface area contributed by atoms with Crippen molar-refractivity contribution < 1.29 is 15.0 Å². The van der Waals surface area contributed by atoms with Gasteiger partial charge in [0.1, 0.15) is 0 Å². The van der Waals surface area contributed by atoms with Gasteiger partial charge in [-0.25, -0.2) is 0 Å². The van der Waals surface area contributed by atoms with Crippen molar-refractivity contribution in [2.75, 3.05) is 13.1 Å². The predicted octanol–water partition coefficient (Wildman–Crippen LogP) is 2.47. The van der Waals surface area contributed by atoms with E-state index >= 15 is 0 Å². The highest BCUT2D eigenvalue weighted by atomic mass is 16.3. The van der Waals surface area contributed by atoms with Crippen LogP contribution in [-0.4, -0.2) is 56.5 Å². The highest BCUT2D eigenvalue weighted by Crippen LogP contribution is 2.37. The molecule has 0 spiro atoms. The predicted molar refractivity (Wildman–Crippen MR) is 106 cm³/mol. The Morgan fingerprint density at radius 3 is 2.29 bits per heavy atom. The molecule has 1 saturated heterocycles. The number of carbonyl (C=O) groups excluding carboxylic acids is 1. The van der Waals surface area contributed by atoms with E-state index in [9.17, 15) is 15.0 Å². The minimum atomic E-state index is -0.674. The lowest BCUT2D eigenvalue weighted by molar-refractivity contribution is -0.0372. The Morgan fingerprint density at radius 2 is 1.71 bits per heavy atom. The summed E-state index contributed by atoms with van der Waals surface area (Å²) in [6.45, 7) is 5.43. The lowest BCUT2D eigenvalue weighted by Gasteiger charge is -2.31. The molecule has 0 bridgehead atoms. The summed E-state index contributed by atoms with van der Waals surface area (Å²) in [5.74, 6) is 0.845. The van der Waals surface area contributed by atoms with Crippen LogP contribution in [0.2, 0.25) is 0 Å². The minimum absolute atomic E-state index is 0.00742. The summed E-state index contributed by atoms with van der Waals surface area (Å²) < 4.78 is 0. The van der Waals surface area contributed by atoms with Crippen LogP contribution in [0.25, 0.3) is 11.3 Å². The van der Waals surface area contributed by atoms with E-state index < -0.39 is 12.2 Å². The number of aromatic nitrogens is 2. The van der Waals surface area contributed by atoms with Gasteiger partial charge < -0.3 is 15.1 Å². The van der Waals surface area contributed by atoms with Crippen molar-refractivity contribution in [2.45, 2.75) is 44.8 Å². The van der Waals surface area contributed by atoms with Gasteiger partial charge in [0, 0.05) is 24.2 Å². The van der Waals surface area contributed by atoms with E-state index in [2.05, 4.69) is 24.0 Å². The van der Waals surface area contributed by atoms with E-state index in [4.69, 9.17) is 0 Å². The second-order valence-corrected chi connectivity index (χ2v) is 8.42. The lowest BCUT2D eigenvalue weighted by atomic mass is 9.79. The average Bonchev–Trinajstić information content (AvgIpc) is 3.10. The number of fused-ring (bicyclic) bond motifs is 1. The highest BCUT2D eigenvalue weighted by Gasteiger charge is 2.42. The van der Waals surface area contributed by atoms with Gasteiger partial charge in [0.2, 0.25) is 0 Å². The molecule has 2 N–H and O–H groups in total. The van der Waals surface area contributed by atoms with Gasteiger partial charge in [-0.05, 0) is 54.9 Å². The summed E-state index contributed by atoms with van der Waals surface area (Å²) in [6, 6.07) is 11.4. The van der Waals surface area contributed by atoms with Crippen molar-refractivity contribution >= 4 is 5.91 Å². The van der Waals surface area contributed by atoms with E-state index in [1.54, 1.807) is 0 Å².